The van der Waals surface area contributed by atoms with Crippen LogP contribution in [0.25, 0.3) is 6.08 Å². The van der Waals surface area contributed by atoms with Crippen molar-refractivity contribution in [3.8, 4) is 5.75 Å². The number of carbonyl (C=O) groups is 1. The lowest BCUT2D eigenvalue weighted by Gasteiger charge is -2.19. The van der Waals surface area contributed by atoms with E-state index in [0.29, 0.717) is 11.4 Å². The van der Waals surface area contributed by atoms with Crippen molar-refractivity contribution in [2.75, 3.05) is 18.2 Å². The summed E-state index contributed by atoms with van der Waals surface area (Å²) in [6.45, 7) is 6.47. The van der Waals surface area contributed by atoms with Crippen molar-refractivity contribution >= 4 is 23.4 Å². The van der Waals surface area contributed by atoms with Crippen LogP contribution in [0.3, 0.4) is 0 Å². The molecule has 0 unspecified atom stereocenters. The standard InChI is InChI=1S/C20H24N2O2/c1-20(2,3)15-7-9-16(10-8-15)22-19(23)12-6-14-5-11-18(24-4)17(21)13-14/h5-13H,21H2,1-4H3,(H,22,23)/b12-6-. The summed E-state index contributed by atoms with van der Waals surface area (Å²) in [5.41, 5.74) is 9.32. The monoisotopic (exact) mass is 324 g/mol. The van der Waals surface area contributed by atoms with Gasteiger partial charge in [-0.25, -0.2) is 0 Å². The van der Waals surface area contributed by atoms with Crippen LogP contribution in [0.1, 0.15) is 31.9 Å². The average Bonchev–Trinajstić information content (AvgIpc) is 2.53. The van der Waals surface area contributed by atoms with E-state index in [4.69, 9.17) is 10.5 Å². The van der Waals surface area contributed by atoms with E-state index in [1.807, 2.05) is 30.3 Å². The minimum atomic E-state index is -0.187. The highest BCUT2D eigenvalue weighted by Gasteiger charge is 2.12. The first kappa shape index (κ1) is 17.6. The van der Waals surface area contributed by atoms with Gasteiger partial charge in [0.05, 0.1) is 12.8 Å². The largest absolute Gasteiger partial charge is 0.495 e. The fraction of sp³-hybridized carbons (Fsp3) is 0.250. The van der Waals surface area contributed by atoms with Gasteiger partial charge in [0, 0.05) is 11.8 Å². The number of amides is 1. The molecule has 3 N–H and O–H groups in total. The van der Waals surface area contributed by atoms with E-state index in [1.165, 1.54) is 11.6 Å². The second kappa shape index (κ2) is 7.21. The van der Waals surface area contributed by atoms with Crippen LogP contribution >= 0.6 is 0 Å². The van der Waals surface area contributed by atoms with E-state index in [1.54, 1.807) is 25.3 Å². The van der Waals surface area contributed by atoms with Gasteiger partial charge < -0.3 is 15.8 Å². The number of nitrogen functional groups attached to an aromatic ring is 1. The van der Waals surface area contributed by atoms with Crippen LogP contribution in [0.2, 0.25) is 0 Å². The molecule has 0 atom stereocenters. The van der Waals surface area contributed by atoms with Crippen molar-refractivity contribution < 1.29 is 9.53 Å². The second-order valence-corrected chi connectivity index (χ2v) is 6.65. The lowest BCUT2D eigenvalue weighted by atomic mass is 9.87. The van der Waals surface area contributed by atoms with Crippen molar-refractivity contribution in [2.45, 2.75) is 26.2 Å². The summed E-state index contributed by atoms with van der Waals surface area (Å²) in [5, 5.41) is 2.85. The molecular weight excluding hydrogens is 300 g/mol. The number of ether oxygens (including phenoxy) is 1. The Labute approximate surface area is 143 Å². The quantitative estimate of drug-likeness (QED) is 0.653. The summed E-state index contributed by atoms with van der Waals surface area (Å²) < 4.78 is 5.11. The zero-order chi connectivity index (χ0) is 17.7. The summed E-state index contributed by atoms with van der Waals surface area (Å²) in [4.78, 5) is 12.0. The number of carbonyl (C=O) groups excluding carboxylic acids is 1. The number of methoxy groups -OCH3 is 1. The molecule has 0 aliphatic carbocycles. The van der Waals surface area contributed by atoms with Crippen molar-refractivity contribution in [3.63, 3.8) is 0 Å². The maximum atomic E-state index is 12.0. The minimum absolute atomic E-state index is 0.0940. The number of nitrogens with one attached hydrogen (secondary N) is 1. The van der Waals surface area contributed by atoms with E-state index in [0.717, 1.165) is 11.3 Å². The molecule has 4 heteroatoms. The van der Waals surface area contributed by atoms with Gasteiger partial charge in [-0.05, 0) is 46.9 Å². The lowest BCUT2D eigenvalue weighted by molar-refractivity contribution is -0.111. The van der Waals surface area contributed by atoms with E-state index in [2.05, 4.69) is 26.1 Å². The summed E-state index contributed by atoms with van der Waals surface area (Å²) >= 11 is 0. The van der Waals surface area contributed by atoms with E-state index < -0.39 is 0 Å². The third-order valence-corrected chi connectivity index (χ3v) is 3.70. The molecule has 0 saturated heterocycles. The Morgan fingerprint density at radius 1 is 1.12 bits per heavy atom. The fourth-order valence-corrected chi connectivity index (χ4v) is 2.27. The second-order valence-electron chi connectivity index (χ2n) is 6.65. The zero-order valence-electron chi connectivity index (χ0n) is 14.6. The highest BCUT2D eigenvalue weighted by molar-refractivity contribution is 6.02. The zero-order valence-corrected chi connectivity index (χ0v) is 14.6. The Hall–Kier alpha value is -2.75. The molecule has 0 aromatic heterocycles. The molecule has 1 amide bonds. The number of anilines is 2. The summed E-state index contributed by atoms with van der Waals surface area (Å²) in [6.07, 6.45) is 3.20. The number of nitrogens with two attached hydrogens (primary N) is 1. The van der Waals surface area contributed by atoms with Gasteiger partial charge in [-0.3, -0.25) is 4.79 Å². The topological polar surface area (TPSA) is 64.3 Å². The van der Waals surface area contributed by atoms with Crippen LogP contribution in [-0.4, -0.2) is 13.0 Å². The minimum Gasteiger partial charge on any atom is -0.495 e. The highest BCUT2D eigenvalue weighted by Crippen LogP contribution is 2.24. The Bertz CT molecular complexity index is 741. The predicted octanol–water partition coefficient (Wildman–Crippen LogP) is 4.23. The Morgan fingerprint density at radius 3 is 2.33 bits per heavy atom. The molecule has 0 aliphatic rings. The number of hydrogen-bond acceptors (Lipinski definition) is 3. The van der Waals surface area contributed by atoms with Gasteiger partial charge in [0.2, 0.25) is 5.91 Å². The Morgan fingerprint density at radius 2 is 1.79 bits per heavy atom. The molecule has 0 aliphatic heterocycles. The van der Waals surface area contributed by atoms with Crippen LogP contribution in [-0.2, 0) is 10.2 Å². The van der Waals surface area contributed by atoms with Crippen LogP contribution in [0, 0.1) is 0 Å². The molecule has 24 heavy (non-hydrogen) atoms. The normalized spacial score (nSPS) is 11.5. The van der Waals surface area contributed by atoms with E-state index >= 15 is 0 Å². The first-order valence-corrected chi connectivity index (χ1v) is 7.83. The van der Waals surface area contributed by atoms with Gasteiger partial charge in [-0.2, -0.15) is 0 Å². The van der Waals surface area contributed by atoms with Crippen LogP contribution in [0.5, 0.6) is 5.75 Å². The summed E-state index contributed by atoms with van der Waals surface area (Å²) in [5.74, 6) is 0.434. The van der Waals surface area contributed by atoms with Gasteiger partial charge >= 0.3 is 0 Å². The maximum absolute atomic E-state index is 12.0. The first-order valence-electron chi connectivity index (χ1n) is 7.83. The molecule has 2 rings (SSSR count). The van der Waals surface area contributed by atoms with Crippen molar-refractivity contribution in [3.05, 3.63) is 59.7 Å². The smallest absolute Gasteiger partial charge is 0.248 e. The van der Waals surface area contributed by atoms with Gasteiger partial charge in [-0.15, -0.1) is 0 Å². The Balaban J connectivity index is 2.01. The molecule has 0 radical (unpaired) electrons. The van der Waals surface area contributed by atoms with Crippen LogP contribution in [0.15, 0.2) is 48.5 Å². The average molecular weight is 324 g/mol. The molecular formula is C20H24N2O2. The van der Waals surface area contributed by atoms with Crippen molar-refractivity contribution in [2.24, 2.45) is 0 Å². The van der Waals surface area contributed by atoms with Crippen LogP contribution in [0.4, 0.5) is 11.4 Å². The third-order valence-electron chi connectivity index (χ3n) is 3.70. The molecule has 2 aromatic carbocycles. The van der Waals surface area contributed by atoms with Gasteiger partial charge in [0.1, 0.15) is 5.75 Å². The lowest BCUT2D eigenvalue weighted by Crippen LogP contribution is -2.12. The van der Waals surface area contributed by atoms with Gasteiger partial charge in [0.25, 0.3) is 0 Å². The molecule has 2 aromatic rings. The van der Waals surface area contributed by atoms with E-state index in [9.17, 15) is 4.79 Å². The van der Waals surface area contributed by atoms with Crippen molar-refractivity contribution in [1.29, 1.82) is 0 Å². The molecule has 4 nitrogen and oxygen atoms in total. The molecule has 126 valence electrons. The number of hydrogen-bond donors (Lipinski definition) is 2. The molecule has 0 bridgehead atoms. The van der Waals surface area contributed by atoms with Crippen molar-refractivity contribution in [1.82, 2.24) is 0 Å². The van der Waals surface area contributed by atoms with Gasteiger partial charge in [0.15, 0.2) is 0 Å². The number of benzene rings is 2. The molecule has 0 fully saturated rings. The summed E-state index contributed by atoms with van der Waals surface area (Å²) in [6, 6.07) is 13.3. The first-order chi connectivity index (χ1) is 11.3. The third kappa shape index (κ3) is 4.62. The van der Waals surface area contributed by atoms with E-state index in [-0.39, 0.29) is 11.3 Å². The predicted molar refractivity (Wildman–Crippen MR) is 100 cm³/mol. The highest BCUT2D eigenvalue weighted by atomic mass is 16.5. The Kier molecular flexibility index (Phi) is 5.29. The number of rotatable bonds is 4. The summed E-state index contributed by atoms with van der Waals surface area (Å²) in [7, 11) is 1.57. The van der Waals surface area contributed by atoms with Crippen LogP contribution < -0.4 is 15.8 Å². The fourth-order valence-electron chi connectivity index (χ4n) is 2.27. The molecule has 0 heterocycles. The van der Waals surface area contributed by atoms with Gasteiger partial charge in [-0.1, -0.05) is 39.0 Å². The SMILES string of the molecule is COc1ccc(/C=C\C(=O)Nc2ccc(C(C)(C)C)cc2)cc1N. The molecule has 0 spiro atoms. The maximum Gasteiger partial charge on any atom is 0.248 e. The molecule has 0 saturated carbocycles.